The van der Waals surface area contributed by atoms with E-state index in [0.717, 1.165) is 19.4 Å². The van der Waals surface area contributed by atoms with Crippen LogP contribution in [0.5, 0.6) is 0 Å². The number of rotatable bonds is 19. The van der Waals surface area contributed by atoms with Crippen molar-refractivity contribution in [3.8, 4) is 0 Å². The first-order valence-electron chi connectivity index (χ1n) is 11.3. The van der Waals surface area contributed by atoms with Gasteiger partial charge in [-0.15, -0.1) is 0 Å². The molecule has 0 bridgehead atoms. The van der Waals surface area contributed by atoms with Crippen LogP contribution in [0.2, 0.25) is 0 Å². The second kappa shape index (κ2) is 14.7. The number of unbranched alkanes of at least 4 members (excludes halogenated alkanes) is 5. The van der Waals surface area contributed by atoms with E-state index in [9.17, 15) is 0 Å². The van der Waals surface area contributed by atoms with E-state index in [1.165, 1.54) is 38.5 Å². The van der Waals surface area contributed by atoms with Crippen LogP contribution < -0.4 is 0 Å². The molecule has 1 heterocycles. The van der Waals surface area contributed by atoms with Gasteiger partial charge in [0.25, 0.3) is 5.97 Å². The average molecular weight is 389 g/mol. The fourth-order valence-electron chi connectivity index (χ4n) is 3.60. The fourth-order valence-corrected chi connectivity index (χ4v) is 3.60. The van der Waals surface area contributed by atoms with Gasteiger partial charge in [0.1, 0.15) is 6.10 Å². The predicted octanol–water partition coefficient (Wildman–Crippen LogP) is 5.31. The minimum atomic E-state index is -0.963. The number of hydrogen-bond acceptors (Lipinski definition) is 5. The van der Waals surface area contributed by atoms with E-state index in [-0.39, 0.29) is 12.0 Å². The Kier molecular flexibility index (Phi) is 13.6. The third-order valence-electron chi connectivity index (χ3n) is 5.03. The minimum Gasteiger partial charge on any atom is -0.376 e. The van der Waals surface area contributed by atoms with Gasteiger partial charge in [-0.2, -0.15) is 0 Å². The molecule has 5 nitrogen and oxygen atoms in total. The molecule has 0 aromatic carbocycles. The van der Waals surface area contributed by atoms with E-state index in [4.69, 9.17) is 23.7 Å². The Bertz CT molecular complexity index is 329. The molecule has 0 spiro atoms. The summed E-state index contributed by atoms with van der Waals surface area (Å²) in [6.07, 6.45) is 9.97. The summed E-state index contributed by atoms with van der Waals surface area (Å²) in [6, 6.07) is 0. The van der Waals surface area contributed by atoms with Crippen LogP contribution in [0.15, 0.2) is 0 Å². The van der Waals surface area contributed by atoms with E-state index in [0.29, 0.717) is 32.5 Å². The quantitative estimate of drug-likeness (QED) is 0.170. The number of epoxide rings is 1. The van der Waals surface area contributed by atoms with Crippen LogP contribution in [0.3, 0.4) is 0 Å². The Morgan fingerprint density at radius 3 is 1.96 bits per heavy atom. The first kappa shape index (κ1) is 24.8. The monoisotopic (exact) mass is 388 g/mol. The molecule has 1 rings (SSSR count). The normalized spacial score (nSPS) is 19.2. The Labute approximate surface area is 167 Å². The molecule has 1 saturated heterocycles. The van der Waals surface area contributed by atoms with Gasteiger partial charge in [0.05, 0.1) is 19.3 Å². The van der Waals surface area contributed by atoms with Crippen LogP contribution in [0.25, 0.3) is 0 Å². The fraction of sp³-hybridized carbons (Fsp3) is 1.00. The third kappa shape index (κ3) is 10.2. The van der Waals surface area contributed by atoms with Crippen molar-refractivity contribution in [3.63, 3.8) is 0 Å². The highest BCUT2D eigenvalue weighted by Gasteiger charge is 2.42. The van der Waals surface area contributed by atoms with E-state index < -0.39 is 5.97 Å². The maximum absolute atomic E-state index is 6.08. The molecule has 27 heavy (non-hydrogen) atoms. The highest BCUT2D eigenvalue weighted by Crippen LogP contribution is 2.34. The topological polar surface area (TPSA) is 49.5 Å². The maximum Gasteiger partial charge on any atom is 0.285 e. The van der Waals surface area contributed by atoms with Crippen LogP contribution in [0.4, 0.5) is 0 Å². The van der Waals surface area contributed by atoms with Crippen molar-refractivity contribution in [2.75, 3.05) is 33.0 Å². The van der Waals surface area contributed by atoms with Gasteiger partial charge >= 0.3 is 0 Å². The zero-order chi connectivity index (χ0) is 20.0. The van der Waals surface area contributed by atoms with Gasteiger partial charge in [0.2, 0.25) is 0 Å². The molecule has 162 valence electrons. The Morgan fingerprint density at radius 2 is 1.44 bits per heavy atom. The smallest absolute Gasteiger partial charge is 0.285 e. The van der Waals surface area contributed by atoms with Gasteiger partial charge in [0, 0.05) is 25.7 Å². The Morgan fingerprint density at radius 1 is 0.889 bits per heavy atom. The van der Waals surface area contributed by atoms with Crippen molar-refractivity contribution >= 4 is 0 Å². The molecule has 0 aromatic heterocycles. The molecule has 0 N–H and O–H groups in total. The SMILES string of the molecule is CCCCCCCCC(CC(C)OCC1CO1)C(OCC)(OCC)OCC. The van der Waals surface area contributed by atoms with Gasteiger partial charge < -0.3 is 23.7 Å². The molecule has 1 fully saturated rings. The lowest BCUT2D eigenvalue weighted by Crippen LogP contribution is -2.48. The largest absolute Gasteiger partial charge is 0.376 e. The lowest BCUT2D eigenvalue weighted by atomic mass is 9.92. The molecule has 5 heteroatoms. The second-order valence-corrected chi connectivity index (χ2v) is 7.49. The summed E-state index contributed by atoms with van der Waals surface area (Å²) in [7, 11) is 0. The molecule has 3 unspecified atom stereocenters. The van der Waals surface area contributed by atoms with Gasteiger partial charge in [-0.3, -0.25) is 0 Å². The van der Waals surface area contributed by atoms with Crippen molar-refractivity contribution in [3.05, 3.63) is 0 Å². The molecule has 0 aromatic rings. The third-order valence-corrected chi connectivity index (χ3v) is 5.03. The summed E-state index contributed by atoms with van der Waals surface area (Å²) >= 11 is 0. The van der Waals surface area contributed by atoms with E-state index in [1.54, 1.807) is 0 Å². The number of ether oxygens (including phenoxy) is 5. The Hall–Kier alpha value is -0.200. The van der Waals surface area contributed by atoms with E-state index in [1.807, 2.05) is 20.8 Å². The summed E-state index contributed by atoms with van der Waals surface area (Å²) in [5.41, 5.74) is 0. The van der Waals surface area contributed by atoms with Crippen LogP contribution in [0, 0.1) is 5.92 Å². The lowest BCUT2D eigenvalue weighted by molar-refractivity contribution is -0.404. The molecule has 0 aliphatic carbocycles. The van der Waals surface area contributed by atoms with Crippen LogP contribution >= 0.6 is 0 Å². The van der Waals surface area contributed by atoms with Crippen molar-refractivity contribution in [1.82, 2.24) is 0 Å². The molecular formula is C22H44O5. The van der Waals surface area contributed by atoms with Crippen molar-refractivity contribution in [2.24, 2.45) is 5.92 Å². The zero-order valence-electron chi connectivity index (χ0n) is 18.5. The van der Waals surface area contributed by atoms with Gasteiger partial charge in [-0.1, -0.05) is 45.4 Å². The van der Waals surface area contributed by atoms with Crippen molar-refractivity contribution in [1.29, 1.82) is 0 Å². The highest BCUT2D eigenvalue weighted by molar-refractivity contribution is 4.76. The summed E-state index contributed by atoms with van der Waals surface area (Å²) in [6.45, 7) is 13.6. The summed E-state index contributed by atoms with van der Waals surface area (Å²) in [5, 5.41) is 0. The summed E-state index contributed by atoms with van der Waals surface area (Å²) in [5.74, 6) is -0.811. The zero-order valence-corrected chi connectivity index (χ0v) is 18.5. The Balaban J connectivity index is 2.67. The van der Waals surface area contributed by atoms with Crippen LogP contribution in [0.1, 0.15) is 86.0 Å². The number of hydrogen-bond donors (Lipinski definition) is 0. The van der Waals surface area contributed by atoms with Crippen molar-refractivity contribution < 1.29 is 23.7 Å². The van der Waals surface area contributed by atoms with E-state index in [2.05, 4.69) is 13.8 Å². The average Bonchev–Trinajstić information content (AvgIpc) is 3.47. The molecular weight excluding hydrogens is 344 g/mol. The van der Waals surface area contributed by atoms with Crippen molar-refractivity contribution in [2.45, 2.75) is 104 Å². The molecule has 0 saturated carbocycles. The summed E-state index contributed by atoms with van der Waals surface area (Å²) < 4.78 is 29.5. The maximum atomic E-state index is 6.08. The first-order valence-corrected chi connectivity index (χ1v) is 11.3. The highest BCUT2D eigenvalue weighted by atomic mass is 16.9. The molecule has 0 radical (unpaired) electrons. The first-order chi connectivity index (χ1) is 13.1. The minimum absolute atomic E-state index is 0.125. The lowest BCUT2D eigenvalue weighted by Gasteiger charge is -2.40. The van der Waals surface area contributed by atoms with Gasteiger partial charge in [-0.25, -0.2) is 0 Å². The van der Waals surface area contributed by atoms with E-state index >= 15 is 0 Å². The molecule has 0 amide bonds. The molecule has 3 atom stereocenters. The second-order valence-electron chi connectivity index (χ2n) is 7.49. The van der Waals surface area contributed by atoms with Gasteiger partial charge in [0.15, 0.2) is 0 Å². The summed E-state index contributed by atoms with van der Waals surface area (Å²) in [4.78, 5) is 0. The predicted molar refractivity (Wildman–Crippen MR) is 109 cm³/mol. The standard InChI is InChI=1S/C22H44O5/c1-6-10-11-12-13-14-15-20(16-19(5)23-17-21-18-24-21)22(25-7-2,26-8-3)27-9-4/h19-21H,6-18H2,1-5H3. The van der Waals surface area contributed by atoms with Crippen LogP contribution in [-0.4, -0.2) is 51.2 Å². The molecule has 1 aliphatic rings. The van der Waals surface area contributed by atoms with Gasteiger partial charge in [-0.05, 0) is 40.5 Å². The van der Waals surface area contributed by atoms with Crippen LogP contribution in [-0.2, 0) is 23.7 Å². The molecule has 1 aliphatic heterocycles.